The first-order chi connectivity index (χ1) is 8.47. The summed E-state index contributed by atoms with van der Waals surface area (Å²) in [6.07, 6.45) is 3.75. The van der Waals surface area contributed by atoms with Crippen molar-refractivity contribution in [3.8, 4) is 0 Å². The standard InChI is InChI=1S/C11H23N3O2S2/c1-2-10(11(12)17)18(15,16)13-6-5-9-14-7-3-4-8-14/h10,13H,2-9H2,1H3,(H2,12,17). The Morgan fingerprint density at radius 1 is 1.44 bits per heavy atom. The van der Waals surface area contributed by atoms with Crippen molar-refractivity contribution < 1.29 is 8.42 Å². The van der Waals surface area contributed by atoms with E-state index in [1.165, 1.54) is 12.8 Å². The van der Waals surface area contributed by atoms with Gasteiger partial charge >= 0.3 is 0 Å². The molecule has 7 heteroatoms. The number of nitrogens with two attached hydrogens (primary N) is 1. The van der Waals surface area contributed by atoms with Crippen molar-refractivity contribution in [1.29, 1.82) is 0 Å². The Labute approximate surface area is 115 Å². The van der Waals surface area contributed by atoms with Gasteiger partial charge in [-0.2, -0.15) is 0 Å². The van der Waals surface area contributed by atoms with Crippen LogP contribution in [0, 0.1) is 0 Å². The van der Waals surface area contributed by atoms with E-state index < -0.39 is 15.3 Å². The minimum Gasteiger partial charge on any atom is -0.392 e. The summed E-state index contributed by atoms with van der Waals surface area (Å²) in [5.74, 6) is 0. The molecule has 0 saturated carbocycles. The number of nitrogens with one attached hydrogen (secondary N) is 1. The molecule has 1 rings (SSSR count). The second kappa shape index (κ2) is 7.37. The predicted octanol–water partition coefficient (Wildman–Crippen LogP) is 0.456. The van der Waals surface area contributed by atoms with Gasteiger partial charge in [-0.1, -0.05) is 19.1 Å². The molecule has 1 aliphatic rings. The molecule has 1 unspecified atom stereocenters. The van der Waals surface area contributed by atoms with Gasteiger partial charge in [0.05, 0.1) is 4.99 Å². The molecule has 0 amide bonds. The van der Waals surface area contributed by atoms with Gasteiger partial charge in [-0.3, -0.25) is 0 Å². The Kier molecular flexibility index (Phi) is 6.48. The van der Waals surface area contributed by atoms with Crippen LogP contribution < -0.4 is 10.5 Å². The van der Waals surface area contributed by atoms with Gasteiger partial charge in [-0.05, 0) is 45.3 Å². The van der Waals surface area contributed by atoms with E-state index in [4.69, 9.17) is 18.0 Å². The molecular formula is C11H23N3O2S2. The van der Waals surface area contributed by atoms with Crippen LogP contribution in [-0.4, -0.2) is 49.7 Å². The van der Waals surface area contributed by atoms with Gasteiger partial charge in [0, 0.05) is 6.54 Å². The highest BCUT2D eigenvalue weighted by Crippen LogP contribution is 2.08. The second-order valence-electron chi connectivity index (χ2n) is 4.64. The summed E-state index contributed by atoms with van der Waals surface area (Å²) in [6.45, 7) is 5.45. The second-order valence-corrected chi connectivity index (χ2v) is 7.06. The van der Waals surface area contributed by atoms with Gasteiger partial charge in [0.1, 0.15) is 5.25 Å². The minimum absolute atomic E-state index is 0.0459. The van der Waals surface area contributed by atoms with Crippen LogP contribution in [0.2, 0.25) is 0 Å². The normalized spacial score (nSPS) is 18.9. The fraction of sp³-hybridized carbons (Fsp3) is 0.909. The Hall–Kier alpha value is -0.240. The van der Waals surface area contributed by atoms with Crippen LogP contribution in [0.15, 0.2) is 0 Å². The Morgan fingerprint density at radius 3 is 2.56 bits per heavy atom. The van der Waals surface area contributed by atoms with Gasteiger partial charge < -0.3 is 10.6 Å². The maximum atomic E-state index is 11.9. The van der Waals surface area contributed by atoms with Crippen molar-refractivity contribution in [3.63, 3.8) is 0 Å². The fourth-order valence-corrected chi connectivity index (χ4v) is 4.12. The highest BCUT2D eigenvalue weighted by molar-refractivity contribution is 7.93. The van der Waals surface area contributed by atoms with Crippen LogP contribution in [0.3, 0.4) is 0 Å². The summed E-state index contributed by atoms with van der Waals surface area (Å²) in [5.41, 5.74) is 5.44. The third-order valence-corrected chi connectivity index (χ3v) is 5.59. The molecule has 0 aromatic rings. The molecule has 0 spiro atoms. The van der Waals surface area contributed by atoms with Crippen LogP contribution >= 0.6 is 12.2 Å². The SMILES string of the molecule is CCC(C(N)=S)S(=O)(=O)NCCCN1CCCC1. The number of sulfonamides is 1. The molecule has 0 radical (unpaired) electrons. The smallest absolute Gasteiger partial charge is 0.220 e. The monoisotopic (exact) mass is 293 g/mol. The number of hydrogen-bond acceptors (Lipinski definition) is 4. The van der Waals surface area contributed by atoms with Crippen molar-refractivity contribution in [1.82, 2.24) is 9.62 Å². The molecule has 1 heterocycles. The van der Waals surface area contributed by atoms with Gasteiger partial charge in [-0.15, -0.1) is 0 Å². The molecule has 0 aromatic heterocycles. The first kappa shape index (κ1) is 15.8. The molecule has 3 N–H and O–H groups in total. The number of thiocarbonyl (C=S) groups is 1. The molecule has 106 valence electrons. The number of nitrogens with zero attached hydrogens (tertiary/aromatic N) is 1. The lowest BCUT2D eigenvalue weighted by atomic mass is 10.3. The molecule has 1 atom stereocenters. The third-order valence-electron chi connectivity index (χ3n) is 3.22. The summed E-state index contributed by atoms with van der Waals surface area (Å²) >= 11 is 4.78. The number of hydrogen-bond donors (Lipinski definition) is 2. The van der Waals surface area contributed by atoms with E-state index in [9.17, 15) is 8.42 Å². The Bertz CT molecular complexity index is 364. The van der Waals surface area contributed by atoms with Crippen LogP contribution in [-0.2, 0) is 10.0 Å². The Balaban J connectivity index is 2.30. The van der Waals surface area contributed by atoms with Crippen LogP contribution in [0.25, 0.3) is 0 Å². The predicted molar refractivity (Wildman–Crippen MR) is 78.1 cm³/mol. The van der Waals surface area contributed by atoms with E-state index in [2.05, 4.69) is 9.62 Å². The zero-order valence-electron chi connectivity index (χ0n) is 10.9. The Morgan fingerprint density at radius 2 is 2.06 bits per heavy atom. The molecule has 0 bridgehead atoms. The molecule has 1 aliphatic heterocycles. The van der Waals surface area contributed by atoms with E-state index >= 15 is 0 Å². The van der Waals surface area contributed by atoms with E-state index in [0.717, 1.165) is 26.1 Å². The van der Waals surface area contributed by atoms with Crippen LogP contribution in [0.1, 0.15) is 32.6 Å². The highest BCUT2D eigenvalue weighted by Gasteiger charge is 2.25. The fourth-order valence-electron chi connectivity index (χ4n) is 2.20. The average molecular weight is 293 g/mol. The quantitative estimate of drug-likeness (QED) is 0.502. The average Bonchev–Trinajstić information content (AvgIpc) is 2.77. The van der Waals surface area contributed by atoms with Crippen LogP contribution in [0.4, 0.5) is 0 Å². The molecule has 1 fully saturated rings. The van der Waals surface area contributed by atoms with Crippen LogP contribution in [0.5, 0.6) is 0 Å². The maximum absolute atomic E-state index is 11.9. The van der Waals surface area contributed by atoms with Crippen molar-refractivity contribution in [3.05, 3.63) is 0 Å². The lowest BCUT2D eigenvalue weighted by Crippen LogP contribution is -2.42. The summed E-state index contributed by atoms with van der Waals surface area (Å²) in [5, 5.41) is -0.751. The molecule has 18 heavy (non-hydrogen) atoms. The van der Waals surface area contributed by atoms with Crippen molar-refractivity contribution in [2.24, 2.45) is 5.73 Å². The molecule has 5 nitrogen and oxygen atoms in total. The summed E-state index contributed by atoms with van der Waals surface area (Å²) < 4.78 is 26.4. The number of likely N-dealkylation sites (tertiary alicyclic amines) is 1. The number of rotatable bonds is 8. The lowest BCUT2D eigenvalue weighted by Gasteiger charge is -2.17. The molecule has 1 saturated heterocycles. The molecular weight excluding hydrogens is 270 g/mol. The zero-order valence-corrected chi connectivity index (χ0v) is 12.5. The summed E-state index contributed by atoms with van der Waals surface area (Å²) in [7, 11) is -3.40. The third kappa shape index (κ3) is 4.79. The minimum atomic E-state index is -3.40. The van der Waals surface area contributed by atoms with Gasteiger partial charge in [-0.25, -0.2) is 13.1 Å². The van der Waals surface area contributed by atoms with E-state index in [1.807, 2.05) is 0 Å². The summed E-state index contributed by atoms with van der Waals surface area (Å²) in [4.78, 5) is 2.41. The maximum Gasteiger partial charge on any atom is 0.220 e. The van der Waals surface area contributed by atoms with E-state index in [0.29, 0.717) is 13.0 Å². The molecule has 0 aromatic carbocycles. The van der Waals surface area contributed by atoms with E-state index in [1.54, 1.807) is 6.92 Å². The van der Waals surface area contributed by atoms with Crippen molar-refractivity contribution in [2.75, 3.05) is 26.2 Å². The molecule has 0 aliphatic carbocycles. The summed E-state index contributed by atoms with van der Waals surface area (Å²) in [6, 6.07) is 0. The van der Waals surface area contributed by atoms with Crippen molar-refractivity contribution in [2.45, 2.75) is 37.9 Å². The van der Waals surface area contributed by atoms with E-state index in [-0.39, 0.29) is 4.99 Å². The topological polar surface area (TPSA) is 75.4 Å². The first-order valence-corrected chi connectivity index (χ1v) is 8.43. The van der Waals surface area contributed by atoms with Crippen molar-refractivity contribution >= 4 is 27.2 Å². The van der Waals surface area contributed by atoms with Gasteiger partial charge in [0.15, 0.2) is 0 Å². The first-order valence-electron chi connectivity index (χ1n) is 6.47. The van der Waals surface area contributed by atoms with Gasteiger partial charge in [0.2, 0.25) is 10.0 Å². The lowest BCUT2D eigenvalue weighted by molar-refractivity contribution is 0.334. The zero-order chi connectivity index (χ0) is 13.6. The largest absolute Gasteiger partial charge is 0.392 e. The van der Waals surface area contributed by atoms with Gasteiger partial charge in [0.25, 0.3) is 0 Å². The highest BCUT2D eigenvalue weighted by atomic mass is 32.2.